The van der Waals surface area contributed by atoms with Gasteiger partial charge in [0.1, 0.15) is 16.8 Å². The Bertz CT molecular complexity index is 3390. The summed E-state index contributed by atoms with van der Waals surface area (Å²) in [6, 6.07) is 45.5. The number of hydrogen-bond donors (Lipinski definition) is 6. The Morgan fingerprint density at radius 3 is 1.30 bits per heavy atom. The first-order valence-corrected chi connectivity index (χ1v) is 23.9. The average Bonchev–Trinajstić information content (AvgIpc) is 3.57. The van der Waals surface area contributed by atoms with E-state index >= 15 is 0 Å². The van der Waals surface area contributed by atoms with Gasteiger partial charge in [0.2, 0.25) is 29.3 Å². The van der Waals surface area contributed by atoms with E-state index in [0.29, 0.717) is 11.1 Å². The summed E-state index contributed by atoms with van der Waals surface area (Å²) in [4.78, 5) is 87.7. The number of hydrogen-bond acceptors (Lipinski definition) is 14. The average molecular weight is 1180 g/mol. The maximum atomic E-state index is 11.0. The van der Waals surface area contributed by atoms with E-state index in [1.165, 1.54) is 58.1 Å². The van der Waals surface area contributed by atoms with E-state index in [9.17, 15) is 59.6 Å². The number of nitrogens with two attached hydrogens (primary N) is 5. The van der Waals surface area contributed by atoms with E-state index in [1.54, 1.807) is 24.3 Å². The van der Waals surface area contributed by atoms with Crippen molar-refractivity contribution < 1.29 is 77.7 Å². The predicted molar refractivity (Wildman–Crippen MR) is 293 cm³/mol. The summed E-state index contributed by atoms with van der Waals surface area (Å²) in [5, 5.41) is 42.1. The van der Waals surface area contributed by atoms with Gasteiger partial charge < -0.3 is 58.4 Å². The van der Waals surface area contributed by atoms with Gasteiger partial charge in [-0.25, -0.2) is 0 Å². The van der Waals surface area contributed by atoms with Gasteiger partial charge in [-0.15, -0.1) is 0 Å². The van der Waals surface area contributed by atoms with Gasteiger partial charge in [-0.3, -0.25) is 64.6 Å². The number of pyridine rings is 3. The quantitative estimate of drug-likeness (QED) is 0.0418. The van der Waals surface area contributed by atoms with E-state index in [1.807, 2.05) is 83.7 Å². The van der Waals surface area contributed by atoms with Crippen LogP contribution in [0.25, 0.3) is 11.4 Å². The summed E-state index contributed by atoms with van der Waals surface area (Å²) in [5.41, 5.74) is 28.8. The Hall–Kier alpha value is -10.3. The first kappa shape index (κ1) is 67.8. The maximum absolute atomic E-state index is 11.0. The molecular weight excluding hydrogens is 1130 g/mol. The number of carbonyl (C=O) groups is 4. The lowest BCUT2D eigenvalue weighted by Gasteiger charge is -2.27. The number of nitrogens with one attached hydrogen (secondary N) is 1. The first-order chi connectivity index (χ1) is 38.2. The van der Waals surface area contributed by atoms with Gasteiger partial charge in [-0.05, 0) is 42.5 Å². The zero-order valence-electron chi connectivity index (χ0n) is 43.0. The van der Waals surface area contributed by atoms with Gasteiger partial charge in [0.15, 0.2) is 24.8 Å². The number of piperidine rings is 1. The number of rotatable bonds is 11. The molecule has 5 aromatic carbocycles. The summed E-state index contributed by atoms with van der Waals surface area (Å²) in [5.74, 6) is -1.49. The highest BCUT2D eigenvalue weighted by atomic mass is 35.5. The van der Waals surface area contributed by atoms with E-state index in [0.717, 1.165) is 67.6 Å². The van der Waals surface area contributed by atoms with Crippen LogP contribution in [0.5, 0.6) is 0 Å². The molecule has 3 aromatic heterocycles. The lowest BCUT2D eigenvalue weighted by Crippen LogP contribution is -3.08. The van der Waals surface area contributed by atoms with E-state index in [4.69, 9.17) is 40.3 Å². The third-order valence-electron chi connectivity index (χ3n) is 11.2. The van der Waals surface area contributed by atoms with Crippen molar-refractivity contribution in [1.29, 1.82) is 0 Å². The Balaban J connectivity index is 0.000000344. The Morgan fingerprint density at radius 2 is 0.915 bits per heavy atom. The monoisotopic (exact) mass is 1180 g/mol. The Morgan fingerprint density at radius 1 is 0.512 bits per heavy atom. The van der Waals surface area contributed by atoms with Crippen LogP contribution in [-0.2, 0) is 4.79 Å². The second kappa shape index (κ2) is 34.5. The van der Waals surface area contributed by atoms with Gasteiger partial charge >= 0.3 is 5.69 Å². The molecule has 0 unspecified atom stereocenters. The summed E-state index contributed by atoms with van der Waals surface area (Å²) >= 11 is 5.43. The largest absolute Gasteiger partial charge is 1.00 e. The molecule has 0 radical (unpaired) electrons. The van der Waals surface area contributed by atoms with E-state index in [2.05, 4.69) is 29.2 Å². The highest BCUT2D eigenvalue weighted by Crippen LogP contribution is 2.28. The molecule has 426 valence electrons. The van der Waals surface area contributed by atoms with Gasteiger partial charge in [-0.1, -0.05) is 66.2 Å². The number of nitrogens with zero attached hydrogens (tertiary/aromatic N) is 7. The van der Waals surface area contributed by atoms with Crippen molar-refractivity contribution in [2.45, 2.75) is 12.8 Å². The number of quaternary nitrogens is 1. The van der Waals surface area contributed by atoms with Gasteiger partial charge in [-0.2, -0.15) is 9.13 Å². The number of primary amides is 4. The van der Waals surface area contributed by atoms with Crippen molar-refractivity contribution in [3.05, 3.63) is 263 Å². The predicted octanol–water partition coefficient (Wildman–Crippen LogP) is -0.347. The minimum absolute atomic E-state index is 0. The number of halogens is 3. The van der Waals surface area contributed by atoms with Crippen LogP contribution in [0.4, 0.5) is 34.1 Å². The molecule has 4 amide bonds. The van der Waals surface area contributed by atoms with Crippen LogP contribution in [0.3, 0.4) is 0 Å². The van der Waals surface area contributed by atoms with Gasteiger partial charge in [0.05, 0.1) is 50.0 Å². The minimum atomic E-state index is -0.769. The lowest BCUT2D eigenvalue weighted by atomic mass is 9.96. The molecule has 1 saturated heterocycles. The number of carbonyl (C=O) groups excluding carboxylic acids is 4. The van der Waals surface area contributed by atoms with Crippen LogP contribution in [0, 0.1) is 46.4 Å². The van der Waals surface area contributed by atoms with Crippen LogP contribution in [0.1, 0.15) is 43.9 Å². The summed E-state index contributed by atoms with van der Waals surface area (Å²) in [6.07, 6.45) is 11.3. The van der Waals surface area contributed by atoms with Crippen molar-refractivity contribution >= 4 is 69.4 Å². The molecule has 0 bridgehead atoms. The van der Waals surface area contributed by atoms with Crippen molar-refractivity contribution in [2.75, 3.05) is 18.8 Å². The van der Waals surface area contributed by atoms with Crippen molar-refractivity contribution in [1.82, 2.24) is 4.98 Å². The third kappa shape index (κ3) is 22.2. The summed E-state index contributed by atoms with van der Waals surface area (Å²) < 4.78 is 3.29. The van der Waals surface area contributed by atoms with Crippen LogP contribution in [-0.4, -0.2) is 61.4 Å². The molecule has 1 fully saturated rings. The number of nitro benzene ring substituents is 4. The molecule has 8 aromatic rings. The smallest absolute Gasteiger partial charge is 0.347 e. The molecule has 0 atom stereocenters. The number of para-hydroxylation sites is 3. The molecule has 0 aliphatic carbocycles. The zero-order chi connectivity index (χ0) is 58.7. The normalized spacial score (nSPS) is 12.4. The van der Waals surface area contributed by atoms with Gasteiger partial charge in [0.25, 0.3) is 22.7 Å². The number of benzene rings is 5. The summed E-state index contributed by atoms with van der Waals surface area (Å²) in [6.45, 7) is 2.02. The SMILES string of the molecule is NC(=O)C1CC[NH+](c2ccccc2)CC1.NC(=O)c1cc[n+](-c2ccc([N+](=O)[O-])cc2[N+](=O)[O-])cc1.NC(=O)c1cc[n+](-c2ccccc2)cc1.NC(=O)c1ccncc1.Nc1ccccc1.O=[N+]([O-])c1ccc(Cl)c([N+](=O)[O-])c1.[Cl-].[Cl-]. The highest BCUT2D eigenvalue weighted by molar-refractivity contribution is 6.32. The van der Waals surface area contributed by atoms with Crippen LogP contribution in [0.2, 0.25) is 5.02 Å². The molecule has 0 spiro atoms. The van der Waals surface area contributed by atoms with Crippen molar-refractivity contribution in [3.63, 3.8) is 0 Å². The second-order valence-corrected chi connectivity index (χ2v) is 17.0. The molecular formula is C54H53Cl3N13O12+. The molecule has 1 aliphatic heterocycles. The maximum Gasteiger partial charge on any atom is 0.347 e. The fourth-order valence-corrected chi connectivity index (χ4v) is 7.23. The topological polar surface area (TPSA) is 396 Å². The zero-order valence-corrected chi connectivity index (χ0v) is 45.3. The third-order valence-corrected chi connectivity index (χ3v) is 11.5. The molecule has 4 heterocycles. The number of aromatic nitrogens is 3. The molecule has 9 rings (SSSR count). The van der Waals surface area contributed by atoms with Crippen LogP contribution >= 0.6 is 11.6 Å². The highest BCUT2D eigenvalue weighted by Gasteiger charge is 2.28. The minimum Gasteiger partial charge on any atom is -1.00 e. The number of nitrogen functional groups attached to an aromatic ring is 1. The number of anilines is 1. The van der Waals surface area contributed by atoms with Crippen molar-refractivity contribution in [2.24, 2.45) is 28.9 Å². The molecule has 0 saturated carbocycles. The fourth-order valence-electron chi connectivity index (χ4n) is 7.04. The van der Waals surface area contributed by atoms with Crippen LogP contribution < -0.4 is 67.5 Å². The van der Waals surface area contributed by atoms with Gasteiger partial charge in [0, 0.05) is 97.0 Å². The first-order valence-electron chi connectivity index (χ1n) is 23.6. The number of amides is 4. The number of non-ortho nitro benzene ring substituents is 2. The molecule has 1 aliphatic rings. The standard InChI is InChI=1S/C12H8N4O5.C12H16N2O.C12H10N2O.C6H3ClN2O4.C6H6N2O.C6H7N.2ClH/c13-12(17)8-3-5-14(6-4-8)10-2-1-9(15(18)19)7-11(10)16(20)21;2*13-12(15)10-6-8-14(9-7-10)11-4-2-1-3-5-11;7-5-2-1-4(8(10)11)3-6(5)9(12)13;7-6(9)5-1-3-8-4-2-5;7-6-4-2-1-3-5-6;;/h1-7H,(H-,13,17);1-5,10H,6-9H2,(H2,13,15);1-9H,(H-,13,15);1-3H;1-4H,(H2,7,9);1-5H,7H2;2*1H/p+1. The van der Waals surface area contributed by atoms with Crippen LogP contribution in [0.15, 0.2) is 201 Å². The molecule has 11 N–H and O–H groups in total. The second-order valence-electron chi connectivity index (χ2n) is 16.5. The Kier molecular flexibility index (Phi) is 28.5. The summed E-state index contributed by atoms with van der Waals surface area (Å²) in [7, 11) is 0. The fraction of sp³-hybridized carbons (Fsp3) is 0.0926. The molecule has 28 heteroatoms. The molecule has 25 nitrogen and oxygen atoms in total. The molecule has 82 heavy (non-hydrogen) atoms. The Labute approximate surface area is 485 Å². The van der Waals surface area contributed by atoms with Crippen molar-refractivity contribution in [3.8, 4) is 11.4 Å². The lowest BCUT2D eigenvalue weighted by molar-refractivity contribution is -0.839. The number of nitro groups is 4. The van der Waals surface area contributed by atoms with E-state index < -0.39 is 48.8 Å². The van der Waals surface area contributed by atoms with E-state index in [-0.39, 0.29) is 64.3 Å².